The number of hydrogen-bond donors (Lipinski definition) is 2. The van der Waals surface area contributed by atoms with Crippen molar-refractivity contribution >= 4 is 17.4 Å². The Bertz CT molecular complexity index is 1380. The highest BCUT2D eigenvalue weighted by atomic mass is 16.5. The molecule has 4 aromatic rings. The van der Waals surface area contributed by atoms with Gasteiger partial charge in [0.15, 0.2) is 5.78 Å². The molecule has 1 atom stereocenters. The summed E-state index contributed by atoms with van der Waals surface area (Å²) >= 11 is 0. The molecule has 0 saturated carbocycles. The Hall–Kier alpha value is -4.66. The summed E-state index contributed by atoms with van der Waals surface area (Å²) < 4.78 is 11.6. The van der Waals surface area contributed by atoms with Crippen molar-refractivity contribution in [2.45, 2.75) is 26.0 Å². The van der Waals surface area contributed by atoms with Crippen LogP contribution in [0.4, 0.5) is 5.69 Å². The van der Waals surface area contributed by atoms with Gasteiger partial charge in [-0.2, -0.15) is 0 Å². The number of benzene rings is 4. The van der Waals surface area contributed by atoms with Crippen LogP contribution in [0.5, 0.6) is 11.5 Å². The topological polar surface area (TPSA) is 126 Å². The summed E-state index contributed by atoms with van der Waals surface area (Å²) in [5.41, 5.74) is 2.71. The molecule has 3 N–H and O–H groups in total. The van der Waals surface area contributed by atoms with Crippen LogP contribution in [0.1, 0.15) is 27.0 Å². The number of nitroso groups, excluding NO2 is 1. The van der Waals surface area contributed by atoms with Crippen molar-refractivity contribution < 1.29 is 29.7 Å². The molecule has 0 aliphatic heterocycles. The Kier molecular flexibility index (Phi) is 10.6. The van der Waals surface area contributed by atoms with Crippen LogP contribution < -0.4 is 15.2 Å². The number of carbonyl (C=O) groups is 2. The average Bonchev–Trinajstić information content (AvgIpc) is 2.94. The van der Waals surface area contributed by atoms with E-state index < -0.39 is 11.9 Å². The number of rotatable bonds is 12. The van der Waals surface area contributed by atoms with Gasteiger partial charge >= 0.3 is 0 Å². The van der Waals surface area contributed by atoms with Crippen LogP contribution in [0.3, 0.4) is 0 Å². The molecular weight excluding hydrogens is 496 g/mol. The molecule has 39 heavy (non-hydrogen) atoms. The van der Waals surface area contributed by atoms with Crippen molar-refractivity contribution in [1.82, 2.24) is 5.32 Å². The van der Waals surface area contributed by atoms with Crippen molar-refractivity contribution in [3.05, 3.63) is 130 Å². The van der Waals surface area contributed by atoms with Crippen LogP contribution in [0.15, 0.2) is 103 Å². The van der Waals surface area contributed by atoms with E-state index in [0.717, 1.165) is 16.9 Å². The van der Waals surface area contributed by atoms with Gasteiger partial charge < -0.3 is 20.3 Å². The van der Waals surface area contributed by atoms with E-state index in [9.17, 15) is 14.5 Å². The highest BCUT2D eigenvalue weighted by Crippen LogP contribution is 2.21. The van der Waals surface area contributed by atoms with Crippen molar-refractivity contribution in [3.63, 3.8) is 0 Å². The van der Waals surface area contributed by atoms with Crippen molar-refractivity contribution in [1.29, 1.82) is 0 Å². The molecule has 0 spiro atoms. The molecule has 1 unspecified atom stereocenters. The summed E-state index contributed by atoms with van der Waals surface area (Å²) in [5.74, 6) is 0.631. The Morgan fingerprint density at radius 1 is 0.795 bits per heavy atom. The normalized spacial score (nSPS) is 11.1. The number of ether oxygens (including phenoxy) is 2. The van der Waals surface area contributed by atoms with E-state index in [2.05, 4.69) is 5.32 Å². The van der Waals surface area contributed by atoms with E-state index in [1.54, 1.807) is 37.3 Å². The number of para-hydroxylation sites is 2. The molecule has 0 aliphatic rings. The number of hydrogen-bond acceptors (Lipinski definition) is 6. The Morgan fingerprint density at radius 3 is 2.10 bits per heavy atom. The monoisotopic (exact) mass is 526 g/mol. The van der Waals surface area contributed by atoms with Gasteiger partial charge in [-0.3, -0.25) is 9.59 Å². The maximum absolute atomic E-state index is 13.3. The second-order valence-electron chi connectivity index (χ2n) is 8.83. The lowest BCUT2D eigenvalue weighted by atomic mass is 10.0. The highest BCUT2D eigenvalue weighted by Gasteiger charge is 2.25. The van der Waals surface area contributed by atoms with Gasteiger partial charge in [-0.15, -0.1) is 0 Å². The van der Waals surface area contributed by atoms with Crippen LogP contribution in [-0.2, 0) is 22.6 Å². The van der Waals surface area contributed by atoms with Crippen LogP contribution in [0.25, 0.3) is 0 Å². The Morgan fingerprint density at radius 2 is 1.44 bits per heavy atom. The minimum absolute atomic E-state index is 0. The predicted octanol–water partition coefficient (Wildman–Crippen LogP) is 4.22. The first-order valence-corrected chi connectivity index (χ1v) is 12.3. The van der Waals surface area contributed by atoms with Gasteiger partial charge in [0.05, 0.1) is 13.2 Å². The molecule has 0 aromatic heterocycles. The van der Waals surface area contributed by atoms with Crippen LogP contribution in [0, 0.1) is 11.8 Å². The van der Waals surface area contributed by atoms with E-state index in [4.69, 9.17) is 9.47 Å². The van der Waals surface area contributed by atoms with Gasteiger partial charge in [0.1, 0.15) is 23.1 Å². The molecule has 4 aromatic carbocycles. The molecular formula is C31H30N2O6. The zero-order valence-electron chi connectivity index (χ0n) is 21.5. The van der Waals surface area contributed by atoms with Crippen molar-refractivity contribution in [2.24, 2.45) is 0 Å². The lowest BCUT2D eigenvalue weighted by molar-refractivity contribution is -0.380. The molecule has 0 bridgehead atoms. The van der Waals surface area contributed by atoms with Gasteiger partial charge in [-0.05, 0) is 48.4 Å². The SMILES string of the molecule is Cc1cccc(C(=O)NC(COCc2ccccc2)C(=O)Cc2ccc(Oc3ccccc3)cc2)c1[NH+]=O.[OH-]. The zero-order valence-corrected chi connectivity index (χ0v) is 21.5. The zero-order chi connectivity index (χ0) is 26.7. The van der Waals surface area contributed by atoms with Crippen LogP contribution in [-0.4, -0.2) is 29.8 Å². The van der Waals surface area contributed by atoms with Gasteiger partial charge in [0.2, 0.25) is 0 Å². The van der Waals surface area contributed by atoms with E-state index in [1.165, 1.54) is 0 Å². The summed E-state index contributed by atoms with van der Waals surface area (Å²) in [4.78, 5) is 37.9. The summed E-state index contributed by atoms with van der Waals surface area (Å²) in [6, 6.07) is 30.3. The molecule has 0 heterocycles. The summed E-state index contributed by atoms with van der Waals surface area (Å²) in [7, 11) is 0. The maximum atomic E-state index is 13.3. The number of amides is 1. The van der Waals surface area contributed by atoms with E-state index in [1.807, 2.05) is 78.0 Å². The first-order chi connectivity index (χ1) is 18.5. The van der Waals surface area contributed by atoms with Gasteiger partial charge in [-0.1, -0.05) is 72.8 Å². The van der Waals surface area contributed by atoms with Gasteiger partial charge in [-0.25, -0.2) is 0 Å². The first kappa shape index (κ1) is 28.9. The van der Waals surface area contributed by atoms with E-state index in [-0.39, 0.29) is 35.5 Å². The van der Waals surface area contributed by atoms with Crippen molar-refractivity contribution in [2.75, 3.05) is 6.61 Å². The fraction of sp³-hybridized carbons (Fsp3) is 0.161. The van der Waals surface area contributed by atoms with E-state index in [0.29, 0.717) is 17.9 Å². The first-order valence-electron chi connectivity index (χ1n) is 12.3. The molecule has 0 aliphatic carbocycles. The number of ketones is 1. The average molecular weight is 527 g/mol. The number of aryl methyl sites for hydroxylation is 1. The Balaban J connectivity index is 0.00000420. The molecule has 1 amide bonds. The fourth-order valence-electron chi connectivity index (χ4n) is 3.94. The maximum Gasteiger partial charge on any atom is 0.268 e. The summed E-state index contributed by atoms with van der Waals surface area (Å²) in [6.45, 7) is 2.01. The molecule has 0 radical (unpaired) electrons. The molecule has 200 valence electrons. The highest BCUT2D eigenvalue weighted by molar-refractivity contribution is 6.01. The smallest absolute Gasteiger partial charge is 0.268 e. The standard InChI is InChI=1S/C31H28N2O5.H2O/c1-22-9-8-14-27(30(22)33-36)31(35)32-28(21-37-20-24-10-4-2-5-11-24)29(34)19-23-15-17-26(18-16-23)38-25-12-6-3-7-13-25;/h2-18,28H,19-21H2,1H3,(H,32,35);1H2. The van der Waals surface area contributed by atoms with Crippen LogP contribution in [0.2, 0.25) is 0 Å². The minimum atomic E-state index is -0.911. The number of nitrogens with one attached hydrogen (secondary N) is 2. The molecule has 8 nitrogen and oxygen atoms in total. The second-order valence-corrected chi connectivity index (χ2v) is 8.83. The summed E-state index contributed by atoms with van der Waals surface area (Å²) in [5, 5.41) is 4.60. The third-order valence-electron chi connectivity index (χ3n) is 5.99. The quantitative estimate of drug-likeness (QED) is 0.285. The fourth-order valence-corrected chi connectivity index (χ4v) is 3.94. The lowest BCUT2D eigenvalue weighted by Gasteiger charge is -2.18. The lowest BCUT2D eigenvalue weighted by Crippen LogP contribution is -2.58. The van der Waals surface area contributed by atoms with E-state index >= 15 is 0 Å². The van der Waals surface area contributed by atoms with Gasteiger partial charge in [0.25, 0.3) is 11.6 Å². The van der Waals surface area contributed by atoms with Gasteiger partial charge in [0, 0.05) is 22.1 Å². The third kappa shape index (κ3) is 8.16. The van der Waals surface area contributed by atoms with Crippen LogP contribution >= 0.6 is 0 Å². The minimum Gasteiger partial charge on any atom is -0.870 e. The Labute approximate surface area is 226 Å². The van der Waals surface area contributed by atoms with Crippen molar-refractivity contribution in [3.8, 4) is 11.5 Å². The molecule has 0 fully saturated rings. The second kappa shape index (κ2) is 14.3. The third-order valence-corrected chi connectivity index (χ3v) is 5.99. The molecule has 4 rings (SSSR count). The number of carbonyl (C=O) groups excluding carboxylic acids is 2. The predicted molar refractivity (Wildman–Crippen MR) is 146 cm³/mol. The molecule has 8 heteroatoms. The molecule has 0 saturated heterocycles. The largest absolute Gasteiger partial charge is 0.870 e. The number of Topliss-reactive ketones (excluding diaryl/α,β-unsaturated/α-hetero) is 1. The summed E-state index contributed by atoms with van der Waals surface area (Å²) in [6.07, 6.45) is 0.0890.